The minimum atomic E-state index is 0.302. The number of allylic oxidation sites excluding steroid dienone is 2. The summed E-state index contributed by atoms with van der Waals surface area (Å²) in [5, 5.41) is 0. The lowest BCUT2D eigenvalue weighted by atomic mass is 10.6. The summed E-state index contributed by atoms with van der Waals surface area (Å²) in [4.78, 5) is 0. The molecule has 1 heterocycles. The van der Waals surface area contributed by atoms with E-state index in [2.05, 4.69) is 10.2 Å². The van der Waals surface area contributed by atoms with Crippen LogP contribution in [-0.4, -0.2) is 0 Å². The van der Waals surface area contributed by atoms with Gasteiger partial charge in [0.15, 0.2) is 0 Å². The van der Waals surface area contributed by atoms with Gasteiger partial charge in [0.1, 0.15) is 0 Å². The second-order valence-electron chi connectivity index (χ2n) is 0.929. The first-order chi connectivity index (χ1) is 3.39. The van der Waals surface area contributed by atoms with E-state index in [1.54, 1.807) is 0 Å². The Hall–Kier alpha value is 1.23. The molecule has 0 unspecified atom stereocenters. The summed E-state index contributed by atoms with van der Waals surface area (Å²) in [7, 11) is 0. The van der Waals surface area contributed by atoms with E-state index < -0.39 is 0 Å². The molecule has 0 bridgehead atoms. The molecule has 0 atom stereocenters. The fraction of sp³-hybridized carbons (Fsp3) is 0. The first kappa shape index (κ1) is 6.35. The lowest BCUT2D eigenvalue weighted by Crippen LogP contribution is -1.50. The third-order valence-electron chi connectivity index (χ3n) is 0.452. The number of hydrogen-bond donors (Lipinski definition) is 0. The number of rotatable bonds is 0. The van der Waals surface area contributed by atoms with Crippen LogP contribution in [0.2, 0.25) is 0 Å². The lowest BCUT2D eigenvalue weighted by molar-refractivity contribution is 2.09. The van der Waals surface area contributed by atoms with Crippen LogP contribution in [0.25, 0.3) is 0 Å². The molecule has 0 aromatic rings. The molecule has 1 aliphatic rings. The first-order valence-electron chi connectivity index (χ1n) is 1.69. The van der Waals surface area contributed by atoms with Gasteiger partial charge in [-0.05, 0) is 26.8 Å². The van der Waals surface area contributed by atoms with Gasteiger partial charge in [-0.1, -0.05) is 34.3 Å². The Kier molecular flexibility index (Phi) is 2.99. The Bertz CT molecular complexity index is 146. The topological polar surface area (TPSA) is 0 Å². The molecule has 1 aliphatic heterocycles. The molecular formula is C4H3ClI2. The van der Waals surface area contributed by atoms with Gasteiger partial charge in [0, 0.05) is 0 Å². The van der Waals surface area contributed by atoms with E-state index in [9.17, 15) is 0 Å². The Labute approximate surface area is 63.3 Å². The molecule has 0 saturated carbocycles. The van der Waals surface area contributed by atoms with Crippen molar-refractivity contribution in [2.24, 2.45) is 0 Å². The highest BCUT2D eigenvalue weighted by Gasteiger charge is 1.83. The van der Waals surface area contributed by atoms with Gasteiger partial charge in [-0.15, -0.1) is 0 Å². The Morgan fingerprint density at radius 2 is 2.43 bits per heavy atom. The maximum atomic E-state index is 5.70. The second kappa shape index (κ2) is 3.29. The van der Waals surface area contributed by atoms with E-state index >= 15 is 0 Å². The summed E-state index contributed by atoms with van der Waals surface area (Å²) >= 11 is 6.41. The zero-order chi connectivity index (χ0) is 5.11. The van der Waals surface area contributed by atoms with Gasteiger partial charge in [-0.25, -0.2) is 0 Å². The Balaban J connectivity index is 2.82. The third kappa shape index (κ3) is 2.32. The molecule has 0 radical (unpaired) electrons. The predicted octanol–water partition coefficient (Wildman–Crippen LogP) is 3.45. The van der Waals surface area contributed by atoms with E-state index in [0.29, 0.717) is 33.2 Å². The quantitative estimate of drug-likeness (QED) is 0.593. The molecule has 0 saturated heterocycles. The Morgan fingerprint density at radius 3 is 2.71 bits per heavy atom. The summed E-state index contributed by atoms with van der Waals surface area (Å²) in [6.45, 7) is 0. The van der Waals surface area contributed by atoms with Gasteiger partial charge in [0.2, 0.25) is 0 Å². The van der Waals surface area contributed by atoms with Gasteiger partial charge in [0.05, 0.1) is 3.04 Å². The van der Waals surface area contributed by atoms with Crippen molar-refractivity contribution < 1.29 is 0 Å². The van der Waals surface area contributed by atoms with E-state index in [1.165, 1.54) is 0 Å². The van der Waals surface area contributed by atoms with Crippen molar-refractivity contribution in [3.8, 4) is 0 Å². The molecule has 7 heavy (non-hydrogen) atoms. The van der Waals surface area contributed by atoms with Crippen molar-refractivity contribution in [2.75, 3.05) is 0 Å². The van der Waals surface area contributed by atoms with Gasteiger partial charge in [-0.3, -0.25) is 0 Å². The molecule has 0 amide bonds. The lowest BCUT2D eigenvalue weighted by Gasteiger charge is -1.84. The van der Waals surface area contributed by atoms with Crippen LogP contribution in [0.15, 0.2) is 19.3 Å². The van der Waals surface area contributed by atoms with E-state index in [4.69, 9.17) is 11.6 Å². The zero-order valence-corrected chi connectivity index (χ0v) is 8.44. The number of halogens is 3. The van der Waals surface area contributed by atoms with Crippen molar-refractivity contribution in [1.82, 2.24) is 0 Å². The third-order valence-corrected chi connectivity index (χ3v) is 10.7. The molecule has 0 aromatic carbocycles. The van der Waals surface area contributed by atoms with Crippen molar-refractivity contribution in [1.29, 1.82) is 0 Å². The monoisotopic (exact) mass is 340 g/mol. The second-order valence-corrected chi connectivity index (χ2v) is 10.6. The molecule has 0 aromatic heterocycles. The molecule has 0 spiro atoms. The summed E-state index contributed by atoms with van der Waals surface area (Å²) < 4.78 is 3.41. The molecule has 0 N–H and O–H groups in total. The van der Waals surface area contributed by atoms with Crippen LogP contribution < -0.4 is 0 Å². The van der Waals surface area contributed by atoms with Crippen LogP contribution in [0.3, 0.4) is 0 Å². The molecular weight excluding hydrogens is 337 g/mol. The highest BCUT2D eigenvalue weighted by Crippen LogP contribution is 2.33. The van der Waals surface area contributed by atoms with Crippen LogP contribution in [0.1, 0.15) is 0 Å². The largest absolute Gasteiger partial charge is 0.0788 e. The van der Waals surface area contributed by atoms with Crippen molar-refractivity contribution >= 4 is 44.8 Å². The molecule has 0 nitrogen and oxygen atoms in total. The van der Waals surface area contributed by atoms with Crippen LogP contribution in [0, 0.1) is 0 Å². The molecule has 0 fully saturated rings. The maximum Gasteiger partial charge on any atom is 0.0788 e. The van der Waals surface area contributed by atoms with Crippen LogP contribution in [0.5, 0.6) is 0 Å². The Morgan fingerprint density at radius 1 is 1.57 bits per heavy atom. The highest BCUT2D eigenvalue weighted by molar-refractivity contribution is 14.8. The fourth-order valence-electron chi connectivity index (χ4n) is 0.224. The van der Waals surface area contributed by atoms with Crippen molar-refractivity contribution in [2.45, 2.75) is 0 Å². The van der Waals surface area contributed by atoms with Gasteiger partial charge in [-0.2, -0.15) is 0 Å². The predicted molar refractivity (Wildman–Crippen MR) is 51.1 cm³/mol. The number of hydrogen-bond acceptors (Lipinski definition) is 0. The van der Waals surface area contributed by atoms with Crippen LogP contribution in [-0.2, 0) is 0 Å². The average molecular weight is 340 g/mol. The van der Waals surface area contributed by atoms with Crippen molar-refractivity contribution in [3.63, 3.8) is 0 Å². The van der Waals surface area contributed by atoms with Crippen molar-refractivity contribution in [3.05, 3.63) is 19.3 Å². The smallest absolute Gasteiger partial charge is 0.0772 e. The SMILES string of the molecule is ClC1=CC=CI=I1. The summed E-state index contributed by atoms with van der Waals surface area (Å²) in [6.07, 6.45) is 4.08. The highest BCUT2D eigenvalue weighted by atomic mass is 128. The summed E-state index contributed by atoms with van der Waals surface area (Å²) in [5.74, 6) is 0. The molecule has 1 rings (SSSR count). The van der Waals surface area contributed by atoms with Gasteiger partial charge < -0.3 is 0 Å². The first-order valence-corrected chi connectivity index (χ1v) is 10.7. The van der Waals surface area contributed by atoms with Gasteiger partial charge in [0.25, 0.3) is 0 Å². The normalized spacial score (nSPS) is 19.3. The molecule has 3 heteroatoms. The zero-order valence-electron chi connectivity index (χ0n) is 3.37. The van der Waals surface area contributed by atoms with E-state index in [-0.39, 0.29) is 0 Å². The van der Waals surface area contributed by atoms with E-state index in [1.807, 2.05) is 6.08 Å². The minimum absolute atomic E-state index is 0.302. The summed E-state index contributed by atoms with van der Waals surface area (Å²) in [6, 6.07) is 0. The molecule has 40 valence electrons. The van der Waals surface area contributed by atoms with Crippen LogP contribution in [0.4, 0.5) is 0 Å². The minimum Gasteiger partial charge on any atom is -0.0772 e. The van der Waals surface area contributed by atoms with Crippen LogP contribution >= 0.6 is 44.8 Å². The fourth-order valence-corrected chi connectivity index (χ4v) is 7.15. The standard InChI is InChI=1S/C4H3ClI2/c5-4-2-1-3-6-7-4/h1-3H. The average Bonchev–Trinajstić information content (AvgIpc) is 1.69. The van der Waals surface area contributed by atoms with Gasteiger partial charge >= 0.3 is 0 Å². The van der Waals surface area contributed by atoms with E-state index in [0.717, 1.165) is 3.04 Å². The maximum absolute atomic E-state index is 5.70. The summed E-state index contributed by atoms with van der Waals surface area (Å²) in [5.41, 5.74) is 0. The molecule has 0 aliphatic carbocycles.